The van der Waals surface area contributed by atoms with E-state index in [0.29, 0.717) is 10.8 Å². The van der Waals surface area contributed by atoms with E-state index in [4.69, 9.17) is 4.18 Å². The van der Waals surface area contributed by atoms with Crippen LogP contribution in [0.15, 0.2) is 65.6 Å². The summed E-state index contributed by atoms with van der Waals surface area (Å²) in [6, 6.07) is 16.1. The fraction of sp³-hybridized carbons (Fsp3) is 0.200. The molecule has 0 aromatic heterocycles. The minimum absolute atomic E-state index is 0.0115. The zero-order valence-electron chi connectivity index (χ0n) is 14.3. The maximum atomic E-state index is 12.7. The van der Waals surface area contributed by atoms with Gasteiger partial charge in [0.05, 0.1) is 0 Å². The molecular weight excluding hydrogens is 336 g/mol. The topological polar surface area (TPSA) is 66.4 Å². The molecule has 0 spiro atoms. The monoisotopic (exact) mass is 355 g/mol. The number of hydrogen-bond donors (Lipinski definition) is 0. The van der Waals surface area contributed by atoms with Crippen LogP contribution in [0.4, 0.5) is 0 Å². The highest BCUT2D eigenvalue weighted by atomic mass is 32.2. The van der Waals surface area contributed by atoms with Crippen molar-refractivity contribution in [1.29, 1.82) is 0 Å². The number of hydrogen-bond acceptors (Lipinski definition) is 4. The molecule has 0 aliphatic rings. The Morgan fingerprint density at radius 2 is 1.44 bits per heavy atom. The summed E-state index contributed by atoms with van der Waals surface area (Å²) in [6.07, 6.45) is 0. The highest BCUT2D eigenvalue weighted by molar-refractivity contribution is 7.87. The molecule has 0 bridgehead atoms. The van der Waals surface area contributed by atoms with Gasteiger partial charge in [-0.2, -0.15) is 8.42 Å². The van der Waals surface area contributed by atoms with Gasteiger partial charge in [-0.15, -0.1) is 5.75 Å². The van der Waals surface area contributed by atoms with Gasteiger partial charge in [0.1, 0.15) is 10.6 Å². The zero-order chi connectivity index (χ0) is 18.2. The van der Waals surface area contributed by atoms with Crippen molar-refractivity contribution in [3.63, 3.8) is 0 Å². The predicted molar refractivity (Wildman–Crippen MR) is 96.3 cm³/mol. The van der Waals surface area contributed by atoms with Crippen LogP contribution in [-0.4, -0.2) is 8.42 Å². The van der Waals surface area contributed by atoms with Crippen LogP contribution >= 0.6 is 0 Å². The van der Waals surface area contributed by atoms with Crippen molar-refractivity contribution in [3.8, 4) is 11.5 Å². The molecule has 0 aliphatic heterocycles. The SMILES string of the molecule is CC(C)(C)c1ccc(OS(=O)(=O)c2cccc3c([O-])cccc23)cc1. The summed E-state index contributed by atoms with van der Waals surface area (Å²) < 4.78 is 30.6. The van der Waals surface area contributed by atoms with Crippen molar-refractivity contribution in [1.82, 2.24) is 0 Å². The molecule has 3 rings (SSSR count). The molecule has 0 heterocycles. The van der Waals surface area contributed by atoms with Crippen LogP contribution in [0.3, 0.4) is 0 Å². The van der Waals surface area contributed by atoms with Gasteiger partial charge < -0.3 is 9.29 Å². The normalized spacial score (nSPS) is 12.3. The highest BCUT2D eigenvalue weighted by Crippen LogP contribution is 2.30. The van der Waals surface area contributed by atoms with Gasteiger partial charge in [-0.1, -0.05) is 63.2 Å². The second-order valence-corrected chi connectivity index (χ2v) is 8.43. The molecule has 0 N–H and O–H groups in total. The molecule has 130 valence electrons. The van der Waals surface area contributed by atoms with Crippen LogP contribution in [0.2, 0.25) is 0 Å². The van der Waals surface area contributed by atoms with Crippen LogP contribution in [0.5, 0.6) is 11.5 Å². The number of rotatable bonds is 3. The van der Waals surface area contributed by atoms with Crippen molar-refractivity contribution in [2.45, 2.75) is 31.1 Å². The second-order valence-electron chi connectivity index (χ2n) is 6.92. The van der Waals surface area contributed by atoms with Crippen molar-refractivity contribution in [2.24, 2.45) is 0 Å². The van der Waals surface area contributed by atoms with Gasteiger partial charge in [0.25, 0.3) is 0 Å². The molecule has 3 aromatic carbocycles. The van der Waals surface area contributed by atoms with E-state index in [9.17, 15) is 13.5 Å². The zero-order valence-corrected chi connectivity index (χ0v) is 15.1. The van der Waals surface area contributed by atoms with E-state index in [2.05, 4.69) is 20.8 Å². The van der Waals surface area contributed by atoms with E-state index in [1.165, 1.54) is 12.1 Å². The Bertz CT molecular complexity index is 1010. The molecule has 0 radical (unpaired) electrons. The summed E-state index contributed by atoms with van der Waals surface area (Å²) in [5.74, 6) is 0.0207. The summed E-state index contributed by atoms with van der Waals surface area (Å²) in [5.41, 5.74) is 1.05. The van der Waals surface area contributed by atoms with Gasteiger partial charge in [-0.3, -0.25) is 0 Å². The van der Waals surface area contributed by atoms with Crippen LogP contribution in [0, 0.1) is 0 Å². The molecule has 25 heavy (non-hydrogen) atoms. The molecule has 0 amide bonds. The van der Waals surface area contributed by atoms with Crippen LogP contribution in [-0.2, 0) is 15.5 Å². The summed E-state index contributed by atoms with van der Waals surface area (Å²) in [6.45, 7) is 6.24. The predicted octanol–water partition coefficient (Wildman–Crippen LogP) is 3.98. The van der Waals surface area contributed by atoms with Crippen molar-refractivity contribution < 1.29 is 17.7 Å². The lowest BCUT2D eigenvalue weighted by atomic mass is 9.87. The molecule has 0 atom stereocenters. The first-order valence-electron chi connectivity index (χ1n) is 7.92. The average Bonchev–Trinajstić information content (AvgIpc) is 2.54. The van der Waals surface area contributed by atoms with E-state index in [1.807, 2.05) is 12.1 Å². The van der Waals surface area contributed by atoms with Crippen LogP contribution in [0.25, 0.3) is 10.8 Å². The summed E-state index contributed by atoms with van der Waals surface area (Å²) in [7, 11) is -4.04. The summed E-state index contributed by atoms with van der Waals surface area (Å²) in [5, 5.41) is 12.6. The largest absolute Gasteiger partial charge is 0.872 e. The fourth-order valence-corrected chi connectivity index (χ4v) is 3.80. The first-order chi connectivity index (χ1) is 11.7. The van der Waals surface area contributed by atoms with Gasteiger partial charge in [-0.05, 0) is 34.6 Å². The Hall–Kier alpha value is -2.53. The van der Waals surface area contributed by atoms with E-state index in [-0.39, 0.29) is 21.8 Å². The highest BCUT2D eigenvalue weighted by Gasteiger charge is 2.20. The quantitative estimate of drug-likeness (QED) is 0.667. The van der Waals surface area contributed by atoms with Gasteiger partial charge in [0, 0.05) is 5.39 Å². The Morgan fingerprint density at radius 3 is 2.08 bits per heavy atom. The molecule has 4 nitrogen and oxygen atoms in total. The molecule has 5 heteroatoms. The fourth-order valence-electron chi connectivity index (χ4n) is 2.65. The van der Waals surface area contributed by atoms with Gasteiger partial charge in [0.15, 0.2) is 0 Å². The number of benzene rings is 3. The van der Waals surface area contributed by atoms with Gasteiger partial charge >= 0.3 is 10.1 Å². The van der Waals surface area contributed by atoms with Crippen molar-refractivity contribution in [2.75, 3.05) is 0 Å². The van der Waals surface area contributed by atoms with Gasteiger partial charge in [0.2, 0.25) is 0 Å². The molecule has 3 aromatic rings. The molecular formula is C20H19O4S-. The molecule has 0 saturated carbocycles. The van der Waals surface area contributed by atoms with Crippen LogP contribution < -0.4 is 9.29 Å². The third-order valence-electron chi connectivity index (χ3n) is 4.04. The first-order valence-corrected chi connectivity index (χ1v) is 9.33. The van der Waals surface area contributed by atoms with Crippen molar-refractivity contribution in [3.05, 3.63) is 66.2 Å². The Kier molecular flexibility index (Phi) is 4.21. The summed E-state index contributed by atoms with van der Waals surface area (Å²) in [4.78, 5) is -0.0115. The first kappa shape index (κ1) is 17.3. The smallest absolute Gasteiger partial charge is 0.339 e. The lowest BCUT2D eigenvalue weighted by Gasteiger charge is -2.19. The third-order valence-corrected chi connectivity index (χ3v) is 5.34. The summed E-state index contributed by atoms with van der Waals surface area (Å²) >= 11 is 0. The maximum Gasteiger partial charge on any atom is 0.339 e. The second kappa shape index (κ2) is 6.08. The van der Waals surface area contributed by atoms with Crippen molar-refractivity contribution >= 4 is 20.9 Å². The standard InChI is InChI=1S/C20H20O4S/c1-20(2,3)14-10-12-15(13-11-14)24-25(22,23)19-9-5-6-16-17(19)7-4-8-18(16)21/h4-13,21H,1-3H3/p-1. The van der Waals surface area contributed by atoms with E-state index < -0.39 is 10.1 Å². The Balaban J connectivity index is 1.99. The van der Waals surface area contributed by atoms with E-state index in [0.717, 1.165) is 5.56 Å². The maximum absolute atomic E-state index is 12.7. The van der Waals surface area contributed by atoms with E-state index in [1.54, 1.807) is 36.4 Å². The molecule has 0 saturated heterocycles. The lowest BCUT2D eigenvalue weighted by Crippen LogP contribution is -2.12. The Labute approximate surface area is 147 Å². The molecule has 0 fully saturated rings. The lowest BCUT2D eigenvalue weighted by molar-refractivity contribution is -0.265. The number of fused-ring (bicyclic) bond motifs is 1. The Morgan fingerprint density at radius 1 is 0.840 bits per heavy atom. The molecule has 0 aliphatic carbocycles. The average molecular weight is 355 g/mol. The molecule has 0 unspecified atom stereocenters. The van der Waals surface area contributed by atoms with E-state index >= 15 is 0 Å². The van der Waals surface area contributed by atoms with Gasteiger partial charge in [-0.25, -0.2) is 0 Å². The minimum atomic E-state index is -4.04. The third kappa shape index (κ3) is 3.46. The van der Waals surface area contributed by atoms with Crippen LogP contribution in [0.1, 0.15) is 26.3 Å². The minimum Gasteiger partial charge on any atom is -0.872 e.